The Bertz CT molecular complexity index is 565. The van der Waals surface area contributed by atoms with Crippen molar-refractivity contribution in [3.63, 3.8) is 0 Å². The first-order valence-electron chi connectivity index (χ1n) is 5.70. The van der Waals surface area contributed by atoms with Crippen LogP contribution >= 0.6 is 0 Å². The molecule has 0 spiro atoms. The number of nitrogens with zero attached hydrogens (tertiary/aromatic N) is 1. The Kier molecular flexibility index (Phi) is 5.82. The van der Waals surface area contributed by atoms with Gasteiger partial charge in [-0.2, -0.15) is 0 Å². The zero-order valence-corrected chi connectivity index (χ0v) is 13.0. The van der Waals surface area contributed by atoms with E-state index in [9.17, 15) is 5.11 Å². The lowest BCUT2D eigenvalue weighted by Crippen LogP contribution is -3.00. The Labute approximate surface area is 130 Å². The highest BCUT2D eigenvalue weighted by molar-refractivity contribution is 5.73. The summed E-state index contributed by atoms with van der Waals surface area (Å²) < 4.78 is 7.04. The Morgan fingerprint density at radius 3 is 2.42 bits per heavy atom. The Hall–Kier alpha value is -1.56. The number of para-hydroxylation sites is 1. The highest BCUT2D eigenvalue weighted by Crippen LogP contribution is 2.30. The Balaban J connectivity index is 0.00000180. The van der Waals surface area contributed by atoms with Crippen molar-refractivity contribution >= 4 is 12.2 Å². The van der Waals surface area contributed by atoms with Crippen LogP contribution in [0.5, 0.6) is 11.5 Å². The van der Waals surface area contributed by atoms with Gasteiger partial charge >= 0.3 is 0 Å². The van der Waals surface area contributed by atoms with Crippen molar-refractivity contribution < 1.29 is 38.4 Å². The third-order valence-corrected chi connectivity index (χ3v) is 2.71. The van der Waals surface area contributed by atoms with E-state index in [1.54, 1.807) is 13.2 Å². The molecule has 4 heteroatoms. The van der Waals surface area contributed by atoms with Crippen LogP contribution in [-0.4, -0.2) is 12.2 Å². The number of aryl methyl sites for hydroxylation is 1. The predicted octanol–water partition coefficient (Wildman–Crippen LogP) is -0.600. The first kappa shape index (κ1) is 15.5. The SMILES string of the molecule is COc1cccc(/C=C/c2cc[n+](C)cc2)c1O.[I-]. The van der Waals surface area contributed by atoms with Crippen LogP contribution in [0.4, 0.5) is 0 Å². The van der Waals surface area contributed by atoms with Crippen molar-refractivity contribution in [1.29, 1.82) is 0 Å². The van der Waals surface area contributed by atoms with Gasteiger partial charge in [-0.1, -0.05) is 24.3 Å². The lowest BCUT2D eigenvalue weighted by Gasteiger charge is -2.05. The van der Waals surface area contributed by atoms with Crippen molar-refractivity contribution in [2.24, 2.45) is 7.05 Å². The van der Waals surface area contributed by atoms with Crippen LogP contribution in [0.15, 0.2) is 42.7 Å². The van der Waals surface area contributed by atoms with Gasteiger partial charge in [0.25, 0.3) is 0 Å². The average molecular weight is 369 g/mol. The molecule has 1 aromatic carbocycles. The van der Waals surface area contributed by atoms with Crippen LogP contribution in [0, 0.1) is 0 Å². The van der Waals surface area contributed by atoms with E-state index in [2.05, 4.69) is 0 Å². The number of pyridine rings is 1. The van der Waals surface area contributed by atoms with Gasteiger partial charge < -0.3 is 33.8 Å². The van der Waals surface area contributed by atoms with Gasteiger partial charge in [-0.15, -0.1) is 0 Å². The summed E-state index contributed by atoms with van der Waals surface area (Å²) in [7, 11) is 3.52. The molecule has 0 atom stereocenters. The van der Waals surface area contributed by atoms with Crippen molar-refractivity contribution in [1.82, 2.24) is 0 Å². The number of methoxy groups -OCH3 is 1. The van der Waals surface area contributed by atoms with Gasteiger partial charge in [-0.05, 0) is 11.6 Å². The Morgan fingerprint density at radius 2 is 1.79 bits per heavy atom. The Morgan fingerprint density at radius 1 is 1.11 bits per heavy atom. The average Bonchev–Trinajstić information content (AvgIpc) is 2.39. The van der Waals surface area contributed by atoms with Gasteiger partial charge in [0, 0.05) is 17.7 Å². The molecule has 0 aliphatic carbocycles. The third kappa shape index (κ3) is 3.96. The van der Waals surface area contributed by atoms with Gasteiger partial charge in [0.05, 0.1) is 7.11 Å². The fourth-order valence-corrected chi connectivity index (χ4v) is 1.65. The van der Waals surface area contributed by atoms with Gasteiger partial charge in [0.2, 0.25) is 0 Å². The minimum Gasteiger partial charge on any atom is -1.00 e. The predicted molar refractivity (Wildman–Crippen MR) is 71.2 cm³/mol. The van der Waals surface area contributed by atoms with Gasteiger partial charge in [0.1, 0.15) is 7.05 Å². The second kappa shape index (κ2) is 7.13. The molecule has 0 radical (unpaired) electrons. The number of aromatic hydroxyl groups is 1. The molecule has 0 aliphatic heterocycles. The summed E-state index contributed by atoms with van der Waals surface area (Å²) >= 11 is 0. The topological polar surface area (TPSA) is 33.3 Å². The summed E-state index contributed by atoms with van der Waals surface area (Å²) in [6, 6.07) is 9.44. The zero-order valence-electron chi connectivity index (χ0n) is 10.9. The monoisotopic (exact) mass is 369 g/mol. The zero-order chi connectivity index (χ0) is 13.0. The van der Waals surface area contributed by atoms with Crippen LogP contribution in [-0.2, 0) is 7.05 Å². The molecule has 0 aliphatic rings. The molecule has 1 N–H and O–H groups in total. The molecule has 2 aromatic rings. The number of rotatable bonds is 3. The summed E-state index contributed by atoms with van der Waals surface area (Å²) in [5.74, 6) is 0.648. The fourth-order valence-electron chi connectivity index (χ4n) is 1.65. The van der Waals surface area contributed by atoms with E-state index in [0.717, 1.165) is 11.1 Å². The second-order valence-electron chi connectivity index (χ2n) is 4.03. The number of benzene rings is 1. The quantitative estimate of drug-likeness (QED) is 0.579. The van der Waals surface area contributed by atoms with Crippen molar-refractivity contribution in [2.75, 3.05) is 7.11 Å². The van der Waals surface area contributed by atoms with E-state index < -0.39 is 0 Å². The van der Waals surface area contributed by atoms with Crippen LogP contribution in [0.3, 0.4) is 0 Å². The van der Waals surface area contributed by atoms with Crippen LogP contribution < -0.4 is 33.3 Å². The van der Waals surface area contributed by atoms with Crippen LogP contribution in [0.2, 0.25) is 0 Å². The maximum Gasteiger partial charge on any atom is 0.169 e. The summed E-state index contributed by atoms with van der Waals surface area (Å²) in [6.07, 6.45) is 7.78. The fraction of sp³-hybridized carbons (Fsp3) is 0.133. The summed E-state index contributed by atoms with van der Waals surface area (Å²) in [5, 5.41) is 9.93. The smallest absolute Gasteiger partial charge is 0.169 e. The summed E-state index contributed by atoms with van der Waals surface area (Å²) in [5.41, 5.74) is 1.82. The highest BCUT2D eigenvalue weighted by atomic mass is 127. The van der Waals surface area contributed by atoms with Crippen LogP contribution in [0.1, 0.15) is 11.1 Å². The highest BCUT2D eigenvalue weighted by Gasteiger charge is 2.03. The molecule has 19 heavy (non-hydrogen) atoms. The molecule has 2 rings (SSSR count). The maximum atomic E-state index is 9.93. The van der Waals surface area contributed by atoms with Crippen molar-refractivity contribution in [2.45, 2.75) is 0 Å². The number of phenols is 1. The number of aromatic nitrogens is 1. The number of phenolic OH excluding ortho intramolecular Hbond substituents is 1. The largest absolute Gasteiger partial charge is 1.00 e. The van der Waals surface area contributed by atoms with Gasteiger partial charge in [-0.3, -0.25) is 0 Å². The first-order valence-corrected chi connectivity index (χ1v) is 5.70. The molecule has 1 heterocycles. The molecule has 0 saturated carbocycles. The van der Waals surface area contributed by atoms with Crippen LogP contribution in [0.25, 0.3) is 12.2 Å². The van der Waals surface area contributed by atoms with E-state index in [1.165, 1.54) is 0 Å². The molecule has 0 amide bonds. The lowest BCUT2D eigenvalue weighted by molar-refractivity contribution is -0.671. The standard InChI is InChI=1S/C15H15NO2.HI/c1-16-10-8-12(9-11-16)6-7-13-4-3-5-14(18-2)15(13)17;/h3-11H,1-2H3;1H. The first-order chi connectivity index (χ1) is 8.70. The number of ether oxygens (including phenoxy) is 1. The molecule has 0 fully saturated rings. The molecular weight excluding hydrogens is 353 g/mol. The molecular formula is C15H16INO2. The van der Waals surface area contributed by atoms with E-state index in [-0.39, 0.29) is 29.7 Å². The van der Waals surface area contributed by atoms with Gasteiger partial charge in [0.15, 0.2) is 23.9 Å². The normalized spacial score (nSPS) is 10.2. The molecule has 0 bridgehead atoms. The summed E-state index contributed by atoms with van der Waals surface area (Å²) in [4.78, 5) is 0. The summed E-state index contributed by atoms with van der Waals surface area (Å²) in [6.45, 7) is 0. The van der Waals surface area contributed by atoms with E-state index in [4.69, 9.17) is 4.74 Å². The van der Waals surface area contributed by atoms with Gasteiger partial charge in [-0.25, -0.2) is 4.57 Å². The lowest BCUT2D eigenvalue weighted by atomic mass is 10.1. The molecule has 100 valence electrons. The number of hydrogen-bond acceptors (Lipinski definition) is 2. The van der Waals surface area contributed by atoms with Crippen molar-refractivity contribution in [3.05, 3.63) is 53.9 Å². The maximum absolute atomic E-state index is 9.93. The molecule has 0 saturated heterocycles. The van der Waals surface area contributed by atoms with E-state index >= 15 is 0 Å². The van der Waals surface area contributed by atoms with E-state index in [0.29, 0.717) is 5.75 Å². The molecule has 3 nitrogen and oxygen atoms in total. The minimum atomic E-state index is 0. The molecule has 0 unspecified atom stereocenters. The number of halogens is 1. The third-order valence-electron chi connectivity index (χ3n) is 2.71. The molecule has 1 aromatic heterocycles. The number of hydrogen-bond donors (Lipinski definition) is 1. The van der Waals surface area contributed by atoms with Crippen molar-refractivity contribution in [3.8, 4) is 11.5 Å². The minimum absolute atomic E-state index is 0. The van der Waals surface area contributed by atoms with E-state index in [1.807, 2.05) is 60.4 Å². The second-order valence-corrected chi connectivity index (χ2v) is 4.03.